The van der Waals surface area contributed by atoms with Crippen LogP contribution in [0.1, 0.15) is 42.9 Å². The van der Waals surface area contributed by atoms with Crippen molar-refractivity contribution in [3.8, 4) is 0 Å². The fourth-order valence-corrected chi connectivity index (χ4v) is 5.65. The number of aromatic nitrogens is 2. The highest BCUT2D eigenvalue weighted by Gasteiger charge is 2.59. The normalized spacial score (nSPS) is 21.2. The van der Waals surface area contributed by atoms with E-state index in [2.05, 4.69) is 15.1 Å². The number of aryl methyl sites for hydroxylation is 1. The average molecular weight is 499 g/mol. The highest BCUT2D eigenvalue weighted by atomic mass is 16.2. The first-order valence-corrected chi connectivity index (χ1v) is 12.4. The summed E-state index contributed by atoms with van der Waals surface area (Å²) >= 11 is 0. The maximum atomic E-state index is 14.1. The van der Waals surface area contributed by atoms with Crippen molar-refractivity contribution in [3.63, 3.8) is 0 Å². The number of nitrogens with one attached hydrogen (secondary N) is 1. The maximum Gasteiger partial charge on any atom is 0.302 e. The molecule has 9 heteroatoms. The molecule has 1 N–H and O–H groups in total. The summed E-state index contributed by atoms with van der Waals surface area (Å²) in [6.07, 6.45) is -0.150. The highest BCUT2D eigenvalue weighted by molar-refractivity contribution is 6.07. The van der Waals surface area contributed by atoms with E-state index >= 15 is 0 Å². The summed E-state index contributed by atoms with van der Waals surface area (Å²) in [5, 5.41) is 2.92. The Morgan fingerprint density at radius 1 is 1.22 bits per heavy atom. The first-order valence-electron chi connectivity index (χ1n) is 12.4. The first kappa shape index (κ1) is 24.5. The van der Waals surface area contributed by atoms with Gasteiger partial charge in [0.25, 0.3) is 11.8 Å². The van der Waals surface area contributed by atoms with Gasteiger partial charge in [-0.25, -0.2) is 11.6 Å². The molecule has 9 nitrogen and oxygen atoms in total. The lowest BCUT2D eigenvalue weighted by molar-refractivity contribution is -0.136. The molecule has 3 aromatic rings. The van der Waals surface area contributed by atoms with Gasteiger partial charge in [0.15, 0.2) is 5.82 Å². The maximum absolute atomic E-state index is 14.1. The van der Waals surface area contributed by atoms with Crippen LogP contribution in [0.2, 0.25) is 0 Å². The molecule has 0 saturated carbocycles. The SMILES string of the molecule is [C-]#[N+][C@@H]1C[C@@]2(CN1C(=O)[C@H](CC(C)C)N(C)C(=O)c1nc3ccccc3n1C)C(=O)Nc1ccccc12. The third-order valence-corrected chi connectivity index (χ3v) is 7.63. The Kier molecular flexibility index (Phi) is 5.98. The number of rotatable bonds is 5. The van der Waals surface area contributed by atoms with Gasteiger partial charge >= 0.3 is 6.17 Å². The van der Waals surface area contributed by atoms with Crippen molar-refractivity contribution >= 4 is 34.4 Å². The van der Waals surface area contributed by atoms with Gasteiger partial charge in [0, 0.05) is 26.3 Å². The Labute approximate surface area is 215 Å². The van der Waals surface area contributed by atoms with Crippen molar-refractivity contribution in [2.45, 2.75) is 44.3 Å². The van der Waals surface area contributed by atoms with Gasteiger partial charge in [0.2, 0.25) is 5.91 Å². The quantitative estimate of drug-likeness (QED) is 0.546. The molecule has 37 heavy (non-hydrogen) atoms. The number of imidazole rings is 1. The van der Waals surface area contributed by atoms with Crippen molar-refractivity contribution in [1.82, 2.24) is 19.4 Å². The Morgan fingerprint density at radius 3 is 2.62 bits per heavy atom. The summed E-state index contributed by atoms with van der Waals surface area (Å²) in [5.74, 6) is -0.521. The van der Waals surface area contributed by atoms with Crippen molar-refractivity contribution in [3.05, 3.63) is 71.3 Å². The number of para-hydroxylation sites is 3. The minimum absolute atomic E-state index is 0.102. The van der Waals surface area contributed by atoms with Crippen molar-refractivity contribution in [1.29, 1.82) is 0 Å². The largest absolute Gasteiger partial charge is 0.327 e. The minimum Gasteiger partial charge on any atom is -0.327 e. The summed E-state index contributed by atoms with van der Waals surface area (Å²) in [7, 11) is 3.40. The van der Waals surface area contributed by atoms with E-state index in [-0.39, 0.29) is 42.4 Å². The highest BCUT2D eigenvalue weighted by Crippen LogP contribution is 2.47. The molecule has 3 atom stereocenters. The summed E-state index contributed by atoms with van der Waals surface area (Å²) in [5.41, 5.74) is 2.09. The van der Waals surface area contributed by atoms with Gasteiger partial charge in [-0.05, 0) is 36.1 Å². The third kappa shape index (κ3) is 3.84. The van der Waals surface area contributed by atoms with Crippen LogP contribution in [0.15, 0.2) is 48.5 Å². The van der Waals surface area contributed by atoms with Crippen LogP contribution in [0.3, 0.4) is 0 Å². The van der Waals surface area contributed by atoms with Crippen LogP contribution in [0.5, 0.6) is 0 Å². The lowest BCUT2D eigenvalue weighted by atomic mass is 9.80. The Hall–Kier alpha value is -4.19. The molecule has 190 valence electrons. The Bertz CT molecular complexity index is 1450. The number of anilines is 1. The van der Waals surface area contributed by atoms with Crippen LogP contribution in [-0.4, -0.2) is 62.9 Å². The van der Waals surface area contributed by atoms with E-state index in [0.717, 1.165) is 16.8 Å². The van der Waals surface area contributed by atoms with E-state index < -0.39 is 17.6 Å². The van der Waals surface area contributed by atoms with Gasteiger partial charge < -0.3 is 14.8 Å². The molecule has 1 fully saturated rings. The molecule has 0 bridgehead atoms. The zero-order valence-electron chi connectivity index (χ0n) is 21.4. The summed E-state index contributed by atoms with van der Waals surface area (Å²) in [4.78, 5) is 52.1. The van der Waals surface area contributed by atoms with E-state index in [1.165, 1.54) is 9.80 Å². The number of benzene rings is 2. The fourth-order valence-electron chi connectivity index (χ4n) is 5.65. The number of nitrogens with zero attached hydrogens (tertiary/aromatic N) is 5. The standard InChI is InChI=1S/C28H30N6O3/c1-17(2)14-22(33(5)26(36)24-30-20-12-8-9-13-21(20)32(24)4)25(35)34-16-28(15-23(34)29-3)18-10-6-7-11-19(18)31-27(28)37/h6-13,17,22-23H,14-16H2,1-2,4-5H3,(H,31,37)/t22-,23-,28-/m0/s1. The molecule has 1 aromatic heterocycles. The van der Waals surface area contributed by atoms with Crippen molar-refractivity contribution in [2.24, 2.45) is 13.0 Å². The number of likely N-dealkylation sites (N-methyl/N-ethyl adjacent to an activating group) is 1. The van der Waals surface area contributed by atoms with Crippen LogP contribution in [0.4, 0.5) is 5.69 Å². The van der Waals surface area contributed by atoms with Gasteiger partial charge in [0.05, 0.1) is 17.5 Å². The van der Waals surface area contributed by atoms with E-state index in [9.17, 15) is 14.4 Å². The van der Waals surface area contributed by atoms with Crippen LogP contribution in [0, 0.1) is 12.5 Å². The van der Waals surface area contributed by atoms with Crippen molar-refractivity contribution < 1.29 is 14.4 Å². The number of fused-ring (bicyclic) bond motifs is 3. The zero-order valence-corrected chi connectivity index (χ0v) is 21.4. The van der Waals surface area contributed by atoms with E-state index in [1.54, 1.807) is 18.7 Å². The number of carbonyl (C=O) groups excluding carboxylic acids is 3. The molecular formula is C28H30N6O3. The van der Waals surface area contributed by atoms with Gasteiger partial charge in [-0.3, -0.25) is 24.1 Å². The van der Waals surface area contributed by atoms with E-state index in [4.69, 9.17) is 6.57 Å². The fraction of sp³-hybridized carbons (Fsp3) is 0.393. The molecule has 2 aromatic carbocycles. The Morgan fingerprint density at radius 2 is 1.92 bits per heavy atom. The predicted molar refractivity (Wildman–Crippen MR) is 140 cm³/mol. The first-order chi connectivity index (χ1) is 17.7. The van der Waals surface area contributed by atoms with Crippen molar-refractivity contribution in [2.75, 3.05) is 18.9 Å². The molecule has 1 spiro atoms. The molecular weight excluding hydrogens is 468 g/mol. The number of likely N-dealkylation sites (tertiary alicyclic amines) is 1. The molecule has 2 aliphatic rings. The number of carbonyl (C=O) groups is 3. The molecule has 3 heterocycles. The van der Waals surface area contributed by atoms with Gasteiger partial charge in [0.1, 0.15) is 11.5 Å². The minimum atomic E-state index is -0.968. The second kappa shape index (κ2) is 9.04. The lowest BCUT2D eigenvalue weighted by Gasteiger charge is -2.32. The summed E-state index contributed by atoms with van der Waals surface area (Å²) in [6, 6.07) is 14.1. The predicted octanol–water partition coefficient (Wildman–Crippen LogP) is 3.43. The van der Waals surface area contributed by atoms with Gasteiger partial charge in [-0.1, -0.05) is 44.2 Å². The second-order valence-corrected chi connectivity index (χ2v) is 10.4. The van der Waals surface area contributed by atoms with Crippen LogP contribution >= 0.6 is 0 Å². The summed E-state index contributed by atoms with van der Waals surface area (Å²) < 4.78 is 1.73. The molecule has 3 amide bonds. The second-order valence-electron chi connectivity index (χ2n) is 10.4. The number of hydrogen-bond donors (Lipinski definition) is 1. The molecule has 5 rings (SSSR count). The average Bonchev–Trinajstić information content (AvgIpc) is 3.53. The molecule has 0 radical (unpaired) electrons. The van der Waals surface area contributed by atoms with Crippen LogP contribution in [-0.2, 0) is 22.1 Å². The van der Waals surface area contributed by atoms with Gasteiger partial charge in [-0.2, -0.15) is 0 Å². The monoisotopic (exact) mass is 498 g/mol. The number of hydrogen-bond acceptors (Lipinski definition) is 4. The molecule has 0 unspecified atom stereocenters. The third-order valence-electron chi connectivity index (χ3n) is 7.63. The Balaban J connectivity index is 1.48. The smallest absolute Gasteiger partial charge is 0.302 e. The molecule has 0 aliphatic carbocycles. The number of amides is 3. The van der Waals surface area contributed by atoms with E-state index in [1.807, 2.05) is 62.4 Å². The van der Waals surface area contributed by atoms with Crippen LogP contribution in [0.25, 0.3) is 15.9 Å². The summed E-state index contributed by atoms with van der Waals surface area (Å²) in [6.45, 7) is 11.9. The van der Waals surface area contributed by atoms with Crippen LogP contribution < -0.4 is 5.32 Å². The van der Waals surface area contributed by atoms with Gasteiger partial charge in [-0.15, -0.1) is 0 Å². The lowest BCUT2D eigenvalue weighted by Crippen LogP contribution is -2.52. The molecule has 1 saturated heterocycles. The molecule has 2 aliphatic heterocycles. The van der Waals surface area contributed by atoms with E-state index in [0.29, 0.717) is 11.9 Å². The zero-order chi connectivity index (χ0) is 26.5. The topological polar surface area (TPSA) is 91.9 Å².